The van der Waals surface area contributed by atoms with Crippen molar-refractivity contribution in [3.63, 3.8) is 0 Å². The molecule has 0 amide bonds. The first-order valence-corrected chi connectivity index (χ1v) is 9.11. The maximum absolute atomic E-state index is 11.6. The van der Waals surface area contributed by atoms with Crippen molar-refractivity contribution < 1.29 is 14.4 Å². The first-order chi connectivity index (χ1) is 11.2. The third-order valence-electron chi connectivity index (χ3n) is 2.54. The largest absolute Gasteiger partial charge is 0.535 e. The molecule has 1 aromatic carbocycles. The summed E-state index contributed by atoms with van der Waals surface area (Å²) < 4.78 is 5.00. The summed E-state index contributed by atoms with van der Waals surface area (Å²) in [6.07, 6.45) is 3.03. The number of fused-ring (bicyclic) bond motifs is 1. The second kappa shape index (κ2) is 9.21. The summed E-state index contributed by atoms with van der Waals surface area (Å²) in [5.74, 6) is 0.619. The molecule has 0 aliphatic heterocycles. The number of carbonyl (C=O) groups is 1. The van der Waals surface area contributed by atoms with Crippen molar-refractivity contribution in [1.82, 2.24) is 15.2 Å². The van der Waals surface area contributed by atoms with E-state index >= 15 is 0 Å². The molecule has 0 saturated carbocycles. The van der Waals surface area contributed by atoms with Gasteiger partial charge in [-0.1, -0.05) is 33.8 Å². The van der Waals surface area contributed by atoms with Crippen LogP contribution in [0.5, 0.6) is 0 Å². The van der Waals surface area contributed by atoms with Gasteiger partial charge in [0.25, 0.3) is 0 Å². The molecular formula is C14H16N4O3S2. The molecule has 0 unspecified atom stereocenters. The highest BCUT2D eigenvalue weighted by molar-refractivity contribution is 8.82. The van der Waals surface area contributed by atoms with Gasteiger partial charge in [0.2, 0.25) is 0 Å². The topological polar surface area (TPSA) is 78.6 Å². The van der Waals surface area contributed by atoms with E-state index in [1.54, 1.807) is 30.0 Å². The molecule has 0 aliphatic carbocycles. The molecule has 0 N–H and O–H groups in total. The maximum Gasteiger partial charge on any atom is 0.535 e. The van der Waals surface area contributed by atoms with E-state index in [1.165, 1.54) is 10.8 Å². The third kappa shape index (κ3) is 5.29. The van der Waals surface area contributed by atoms with Crippen LogP contribution in [0, 0.1) is 0 Å². The summed E-state index contributed by atoms with van der Waals surface area (Å²) >= 11 is 0. The monoisotopic (exact) mass is 352 g/mol. The number of carbonyl (C=O) groups excluding carboxylic acids is 1. The lowest BCUT2D eigenvalue weighted by Crippen LogP contribution is -2.22. The van der Waals surface area contributed by atoms with E-state index in [9.17, 15) is 4.79 Å². The molecule has 0 fully saturated rings. The fourth-order valence-electron chi connectivity index (χ4n) is 1.56. The number of allylic oxidation sites excluding steroid dienone is 1. The van der Waals surface area contributed by atoms with Crippen LogP contribution < -0.4 is 4.84 Å². The van der Waals surface area contributed by atoms with Crippen LogP contribution in [0.2, 0.25) is 0 Å². The van der Waals surface area contributed by atoms with Crippen LogP contribution in [-0.2, 0) is 4.74 Å². The molecule has 0 atom stereocenters. The van der Waals surface area contributed by atoms with Gasteiger partial charge in [-0.3, -0.25) is 9.83 Å². The van der Waals surface area contributed by atoms with Crippen LogP contribution in [0.1, 0.15) is 6.92 Å². The summed E-state index contributed by atoms with van der Waals surface area (Å²) in [7, 11) is 4.81. The number of benzene rings is 1. The average Bonchev–Trinajstić information content (AvgIpc) is 2.96. The number of aliphatic imine (C=N–C) groups is 1. The van der Waals surface area contributed by atoms with Gasteiger partial charge in [-0.25, -0.2) is 4.79 Å². The standard InChI is InChI=1S/C14H16N4O3S2/c1-3-6-13(15-2)23-22-10-9-20-14(19)21-18-12-8-5-4-7-11(12)16-17-18/h3-8H,9-10H2,1-2H3/b6-3-,15-13?. The van der Waals surface area contributed by atoms with Crippen molar-refractivity contribution in [2.45, 2.75) is 6.92 Å². The minimum Gasteiger partial charge on any atom is -0.432 e. The van der Waals surface area contributed by atoms with Gasteiger partial charge in [-0.05, 0) is 41.1 Å². The smallest absolute Gasteiger partial charge is 0.432 e. The Bertz CT molecular complexity index is 715. The van der Waals surface area contributed by atoms with E-state index in [0.29, 0.717) is 16.8 Å². The van der Waals surface area contributed by atoms with Crippen LogP contribution >= 0.6 is 21.6 Å². The minimum atomic E-state index is -0.816. The van der Waals surface area contributed by atoms with Crippen LogP contribution in [0.4, 0.5) is 4.79 Å². The fraction of sp³-hybridized carbons (Fsp3) is 0.286. The van der Waals surface area contributed by atoms with Crippen molar-refractivity contribution in [3.05, 3.63) is 36.4 Å². The lowest BCUT2D eigenvalue weighted by molar-refractivity contribution is 0.0434. The molecule has 2 rings (SSSR count). The summed E-state index contributed by atoms with van der Waals surface area (Å²) in [5, 5.41) is 8.54. The van der Waals surface area contributed by atoms with Gasteiger partial charge in [0.1, 0.15) is 22.7 Å². The Balaban J connectivity index is 1.71. The van der Waals surface area contributed by atoms with E-state index in [2.05, 4.69) is 15.3 Å². The summed E-state index contributed by atoms with van der Waals surface area (Å²) in [6.45, 7) is 2.17. The molecule has 1 heterocycles. The van der Waals surface area contributed by atoms with Crippen molar-refractivity contribution in [2.24, 2.45) is 4.99 Å². The lowest BCUT2D eigenvalue weighted by atomic mass is 10.3. The summed E-state index contributed by atoms with van der Waals surface area (Å²) in [4.78, 5) is 21.8. The molecule has 0 bridgehead atoms. The zero-order chi connectivity index (χ0) is 16.5. The molecule has 9 heteroatoms. The predicted octanol–water partition coefficient (Wildman–Crippen LogP) is 2.98. The highest BCUT2D eigenvalue weighted by Gasteiger charge is 2.10. The zero-order valence-corrected chi connectivity index (χ0v) is 14.3. The summed E-state index contributed by atoms with van der Waals surface area (Å²) in [6, 6.07) is 7.17. The quantitative estimate of drug-likeness (QED) is 0.197. The van der Waals surface area contributed by atoms with Crippen molar-refractivity contribution in [3.8, 4) is 0 Å². The van der Waals surface area contributed by atoms with Crippen LogP contribution in [0.25, 0.3) is 11.0 Å². The second-order valence-electron chi connectivity index (χ2n) is 4.11. The Morgan fingerprint density at radius 1 is 1.43 bits per heavy atom. The van der Waals surface area contributed by atoms with E-state index in [4.69, 9.17) is 9.57 Å². The Labute approximate surface area is 141 Å². The van der Waals surface area contributed by atoms with Gasteiger partial charge >= 0.3 is 6.16 Å². The van der Waals surface area contributed by atoms with Crippen LogP contribution in [0.3, 0.4) is 0 Å². The van der Waals surface area contributed by atoms with Gasteiger partial charge in [0, 0.05) is 12.8 Å². The number of nitrogens with zero attached hydrogens (tertiary/aromatic N) is 4. The molecule has 0 saturated heterocycles. The third-order valence-corrected chi connectivity index (χ3v) is 4.85. The Morgan fingerprint density at radius 2 is 2.26 bits per heavy atom. The molecular weight excluding hydrogens is 336 g/mol. The number of para-hydroxylation sites is 1. The number of hydrogen-bond acceptors (Lipinski definition) is 8. The molecule has 0 radical (unpaired) electrons. The minimum absolute atomic E-state index is 0.232. The number of rotatable bonds is 6. The van der Waals surface area contributed by atoms with Crippen molar-refractivity contribution in [2.75, 3.05) is 19.4 Å². The SMILES string of the molecule is C/C=C\C(=NC)SSCCOC(=O)On1nnc2ccccc21. The predicted molar refractivity (Wildman–Crippen MR) is 93.7 cm³/mol. The first-order valence-electron chi connectivity index (χ1n) is 6.79. The van der Waals surface area contributed by atoms with Crippen molar-refractivity contribution >= 4 is 43.8 Å². The molecule has 0 spiro atoms. The highest BCUT2D eigenvalue weighted by atomic mass is 33.1. The van der Waals surface area contributed by atoms with E-state index in [0.717, 1.165) is 9.89 Å². The van der Waals surface area contributed by atoms with Crippen LogP contribution in [-0.4, -0.2) is 45.8 Å². The van der Waals surface area contributed by atoms with Gasteiger partial charge in [-0.15, -0.1) is 5.10 Å². The van der Waals surface area contributed by atoms with Crippen LogP contribution in [0.15, 0.2) is 41.4 Å². The number of hydrogen-bond donors (Lipinski definition) is 0. The first kappa shape index (κ1) is 17.4. The molecule has 122 valence electrons. The van der Waals surface area contributed by atoms with Crippen molar-refractivity contribution in [1.29, 1.82) is 0 Å². The van der Waals surface area contributed by atoms with Gasteiger partial charge in [0.05, 0.1) is 0 Å². The van der Waals surface area contributed by atoms with Gasteiger partial charge in [-0.2, -0.15) is 0 Å². The Hall–Kier alpha value is -2.00. The Morgan fingerprint density at radius 3 is 3.04 bits per heavy atom. The van der Waals surface area contributed by atoms with Gasteiger partial charge < -0.3 is 4.74 Å². The normalized spacial score (nSPS) is 12.0. The van der Waals surface area contributed by atoms with Gasteiger partial charge in [0.15, 0.2) is 0 Å². The number of aromatic nitrogens is 3. The fourth-order valence-corrected chi connectivity index (χ4v) is 3.38. The highest BCUT2D eigenvalue weighted by Crippen LogP contribution is 2.23. The van der Waals surface area contributed by atoms with E-state index in [1.807, 2.05) is 31.2 Å². The zero-order valence-electron chi connectivity index (χ0n) is 12.7. The lowest BCUT2D eigenvalue weighted by Gasteiger charge is -2.05. The number of ether oxygens (including phenoxy) is 1. The molecule has 23 heavy (non-hydrogen) atoms. The average molecular weight is 352 g/mol. The van der Waals surface area contributed by atoms with E-state index in [-0.39, 0.29) is 6.61 Å². The van der Waals surface area contributed by atoms with E-state index < -0.39 is 6.16 Å². The summed E-state index contributed by atoms with van der Waals surface area (Å²) in [5.41, 5.74) is 1.24. The molecule has 7 nitrogen and oxygen atoms in total. The molecule has 2 aromatic rings. The second-order valence-corrected chi connectivity index (χ2v) is 6.54. The molecule has 1 aromatic heterocycles. The maximum atomic E-state index is 11.6. The Kier molecular flexibility index (Phi) is 6.95. The molecule has 0 aliphatic rings.